The predicted molar refractivity (Wildman–Crippen MR) is 74.1 cm³/mol. The van der Waals surface area contributed by atoms with E-state index in [4.69, 9.17) is 9.52 Å². The van der Waals surface area contributed by atoms with Crippen LogP contribution in [-0.2, 0) is 6.54 Å². The van der Waals surface area contributed by atoms with Gasteiger partial charge in [0.25, 0.3) is 0 Å². The number of urea groups is 1. The third kappa shape index (κ3) is 3.02. The fourth-order valence-corrected chi connectivity index (χ4v) is 3.04. The van der Waals surface area contributed by atoms with Gasteiger partial charge in [0.05, 0.1) is 6.54 Å². The number of nitrogens with one attached hydrogen (secondary N) is 1. The first-order valence-corrected chi connectivity index (χ1v) is 7.22. The molecule has 2 saturated heterocycles. The molecule has 2 amide bonds. The van der Waals surface area contributed by atoms with Gasteiger partial charge in [0, 0.05) is 25.7 Å². The second-order valence-corrected chi connectivity index (χ2v) is 5.51. The van der Waals surface area contributed by atoms with E-state index in [0.29, 0.717) is 11.8 Å². The largest absolute Gasteiger partial charge is 0.475 e. The van der Waals surface area contributed by atoms with E-state index in [0.717, 1.165) is 32.6 Å². The Bertz CT molecular complexity index is 542. The Morgan fingerprint density at radius 1 is 1.33 bits per heavy atom. The van der Waals surface area contributed by atoms with Gasteiger partial charge in [-0.2, -0.15) is 0 Å². The molecule has 0 saturated carbocycles. The topological polar surface area (TPSA) is 86.0 Å². The van der Waals surface area contributed by atoms with Gasteiger partial charge in [-0.05, 0) is 31.5 Å². The van der Waals surface area contributed by atoms with Crippen LogP contribution >= 0.6 is 0 Å². The van der Waals surface area contributed by atoms with Gasteiger partial charge >= 0.3 is 12.0 Å². The molecule has 0 bridgehead atoms. The normalized spacial score (nSPS) is 22.1. The maximum absolute atomic E-state index is 12.1. The van der Waals surface area contributed by atoms with Crippen molar-refractivity contribution in [3.05, 3.63) is 23.7 Å². The molecule has 2 aliphatic rings. The average molecular weight is 293 g/mol. The van der Waals surface area contributed by atoms with Crippen molar-refractivity contribution in [2.24, 2.45) is 0 Å². The number of carbonyl (C=O) groups excluding carboxylic acids is 1. The average Bonchev–Trinajstić information content (AvgIpc) is 3.12. The van der Waals surface area contributed by atoms with Gasteiger partial charge in [-0.25, -0.2) is 9.59 Å². The van der Waals surface area contributed by atoms with Crippen LogP contribution in [0, 0.1) is 0 Å². The third-order valence-electron chi connectivity index (χ3n) is 4.16. The quantitative estimate of drug-likeness (QED) is 0.867. The Labute approximate surface area is 122 Å². The molecule has 2 aliphatic heterocycles. The second-order valence-electron chi connectivity index (χ2n) is 5.51. The first-order valence-electron chi connectivity index (χ1n) is 7.22. The minimum absolute atomic E-state index is 0.112. The van der Waals surface area contributed by atoms with Gasteiger partial charge in [0.2, 0.25) is 5.76 Å². The molecule has 3 rings (SSSR count). The molecule has 1 aromatic heterocycles. The molecule has 21 heavy (non-hydrogen) atoms. The van der Waals surface area contributed by atoms with Crippen molar-refractivity contribution in [1.82, 2.24) is 15.1 Å². The van der Waals surface area contributed by atoms with Crippen LogP contribution in [-0.4, -0.2) is 59.1 Å². The van der Waals surface area contributed by atoms with Crippen LogP contribution in [0.2, 0.25) is 0 Å². The van der Waals surface area contributed by atoms with Crippen molar-refractivity contribution in [2.75, 3.05) is 26.2 Å². The van der Waals surface area contributed by atoms with Crippen molar-refractivity contribution in [1.29, 1.82) is 0 Å². The zero-order valence-corrected chi connectivity index (χ0v) is 11.7. The van der Waals surface area contributed by atoms with Gasteiger partial charge < -0.3 is 19.7 Å². The summed E-state index contributed by atoms with van der Waals surface area (Å²) in [6.45, 7) is 3.79. The molecule has 1 unspecified atom stereocenters. The lowest BCUT2D eigenvalue weighted by molar-refractivity contribution is 0.0660. The summed E-state index contributed by atoms with van der Waals surface area (Å²) in [5.74, 6) is -0.774. The molecule has 0 radical (unpaired) electrons. The van der Waals surface area contributed by atoms with Gasteiger partial charge in [-0.3, -0.25) is 4.90 Å². The van der Waals surface area contributed by atoms with Crippen molar-refractivity contribution in [2.45, 2.75) is 25.4 Å². The number of piperazine rings is 1. The molecule has 1 atom stereocenters. The molecule has 0 spiro atoms. The van der Waals surface area contributed by atoms with E-state index < -0.39 is 5.97 Å². The zero-order valence-electron chi connectivity index (χ0n) is 11.7. The Morgan fingerprint density at radius 3 is 2.95 bits per heavy atom. The maximum Gasteiger partial charge on any atom is 0.371 e. The summed E-state index contributed by atoms with van der Waals surface area (Å²) in [5.41, 5.74) is 0. The molecule has 2 fully saturated rings. The first-order chi connectivity index (χ1) is 10.1. The summed E-state index contributed by atoms with van der Waals surface area (Å²) < 4.78 is 5.11. The van der Waals surface area contributed by atoms with Crippen molar-refractivity contribution < 1.29 is 19.1 Å². The van der Waals surface area contributed by atoms with E-state index >= 15 is 0 Å². The lowest BCUT2D eigenvalue weighted by atomic mass is 10.2. The SMILES string of the molecule is O=C(O)c1ccc(CNC(=O)N2CCN3CCCC3C2)o1. The van der Waals surface area contributed by atoms with Crippen LogP contribution in [0.5, 0.6) is 0 Å². The van der Waals surface area contributed by atoms with Crippen LogP contribution in [0.25, 0.3) is 0 Å². The van der Waals surface area contributed by atoms with Gasteiger partial charge in [0.15, 0.2) is 0 Å². The maximum atomic E-state index is 12.1. The van der Waals surface area contributed by atoms with E-state index in [1.165, 1.54) is 12.5 Å². The van der Waals surface area contributed by atoms with E-state index in [2.05, 4.69) is 10.2 Å². The highest BCUT2D eigenvalue weighted by atomic mass is 16.4. The van der Waals surface area contributed by atoms with Gasteiger partial charge in [-0.15, -0.1) is 0 Å². The summed E-state index contributed by atoms with van der Waals surface area (Å²) in [4.78, 5) is 27.1. The lowest BCUT2D eigenvalue weighted by Crippen LogP contribution is -2.54. The van der Waals surface area contributed by atoms with Crippen LogP contribution < -0.4 is 5.32 Å². The molecule has 2 N–H and O–H groups in total. The van der Waals surface area contributed by atoms with Crippen molar-refractivity contribution in [3.63, 3.8) is 0 Å². The minimum Gasteiger partial charge on any atom is -0.475 e. The number of carboxylic acid groups (broad SMARTS) is 1. The molecule has 7 nitrogen and oxygen atoms in total. The monoisotopic (exact) mass is 293 g/mol. The lowest BCUT2D eigenvalue weighted by Gasteiger charge is -2.37. The highest BCUT2D eigenvalue weighted by Crippen LogP contribution is 2.21. The van der Waals surface area contributed by atoms with Crippen LogP contribution in [0.15, 0.2) is 16.5 Å². The Hall–Kier alpha value is -2.02. The Balaban J connectivity index is 1.50. The number of furan rings is 1. The Morgan fingerprint density at radius 2 is 2.19 bits per heavy atom. The number of carboxylic acids is 1. The summed E-state index contributed by atoms with van der Waals surface area (Å²) >= 11 is 0. The van der Waals surface area contributed by atoms with Gasteiger partial charge in [-0.1, -0.05) is 0 Å². The van der Waals surface area contributed by atoms with E-state index in [1.807, 2.05) is 4.90 Å². The predicted octanol–water partition coefficient (Wildman–Crippen LogP) is 0.967. The molecule has 0 aromatic carbocycles. The van der Waals surface area contributed by atoms with E-state index in [1.54, 1.807) is 6.07 Å². The summed E-state index contributed by atoms with van der Waals surface area (Å²) in [6.07, 6.45) is 2.37. The Kier molecular flexibility index (Phi) is 3.83. The molecular formula is C14H19N3O4. The summed E-state index contributed by atoms with van der Waals surface area (Å²) in [6, 6.07) is 3.33. The zero-order chi connectivity index (χ0) is 14.8. The number of fused-ring (bicyclic) bond motifs is 1. The van der Waals surface area contributed by atoms with Crippen molar-refractivity contribution in [3.8, 4) is 0 Å². The van der Waals surface area contributed by atoms with Crippen LogP contribution in [0.3, 0.4) is 0 Å². The molecular weight excluding hydrogens is 274 g/mol. The number of rotatable bonds is 3. The summed E-state index contributed by atoms with van der Waals surface area (Å²) in [7, 11) is 0. The highest BCUT2D eigenvalue weighted by Gasteiger charge is 2.32. The highest BCUT2D eigenvalue weighted by molar-refractivity contribution is 5.84. The number of hydrogen-bond donors (Lipinski definition) is 2. The summed E-state index contributed by atoms with van der Waals surface area (Å²) in [5, 5.41) is 11.6. The smallest absolute Gasteiger partial charge is 0.371 e. The van der Waals surface area contributed by atoms with Crippen molar-refractivity contribution >= 4 is 12.0 Å². The molecule has 7 heteroatoms. The minimum atomic E-state index is -1.11. The number of aromatic carboxylic acids is 1. The molecule has 1 aromatic rings. The second kappa shape index (κ2) is 5.77. The van der Waals surface area contributed by atoms with E-state index in [9.17, 15) is 9.59 Å². The first kappa shape index (κ1) is 13.9. The molecule has 3 heterocycles. The molecule has 114 valence electrons. The van der Waals surface area contributed by atoms with Crippen LogP contribution in [0.1, 0.15) is 29.2 Å². The fourth-order valence-electron chi connectivity index (χ4n) is 3.04. The number of hydrogen-bond acceptors (Lipinski definition) is 4. The van der Waals surface area contributed by atoms with Crippen LogP contribution in [0.4, 0.5) is 4.79 Å². The van der Waals surface area contributed by atoms with Gasteiger partial charge in [0.1, 0.15) is 5.76 Å². The standard InChI is InChI=1S/C14H19N3O4/c18-13(19)12-4-3-11(21-12)8-15-14(20)17-7-6-16-5-1-2-10(16)9-17/h3-4,10H,1-2,5-9H2,(H,15,20)(H,18,19). The fraction of sp³-hybridized carbons (Fsp3) is 0.571. The number of amides is 2. The third-order valence-corrected chi connectivity index (χ3v) is 4.16. The number of carbonyl (C=O) groups is 2. The molecule has 0 aliphatic carbocycles. The van der Waals surface area contributed by atoms with E-state index in [-0.39, 0.29) is 18.3 Å². The number of nitrogens with zero attached hydrogens (tertiary/aromatic N) is 2.